The SMILES string of the molecule is CC.CCC(C)C(=O)OCOC1C2CC3CC(C2)CC1C3. The Hall–Kier alpha value is -0.570. The molecule has 1 unspecified atom stereocenters. The van der Waals surface area contributed by atoms with Crippen molar-refractivity contribution in [2.45, 2.75) is 72.3 Å². The fourth-order valence-electron chi connectivity index (χ4n) is 4.63. The van der Waals surface area contributed by atoms with Gasteiger partial charge in [0.1, 0.15) is 0 Å². The van der Waals surface area contributed by atoms with Crippen molar-refractivity contribution < 1.29 is 14.3 Å². The first-order chi connectivity index (χ1) is 10.2. The van der Waals surface area contributed by atoms with Gasteiger partial charge in [-0.15, -0.1) is 0 Å². The van der Waals surface area contributed by atoms with E-state index in [4.69, 9.17) is 9.47 Å². The molecular weight excluding hydrogens is 264 g/mol. The van der Waals surface area contributed by atoms with Crippen molar-refractivity contribution in [1.29, 1.82) is 0 Å². The average Bonchev–Trinajstić information content (AvgIpc) is 2.50. The normalized spacial score (nSPS) is 37.6. The molecule has 0 aromatic heterocycles. The zero-order valence-electron chi connectivity index (χ0n) is 14.1. The third-order valence-corrected chi connectivity index (χ3v) is 5.62. The maximum atomic E-state index is 11.6. The van der Waals surface area contributed by atoms with Gasteiger partial charge in [-0.3, -0.25) is 4.79 Å². The van der Waals surface area contributed by atoms with Gasteiger partial charge in [0.25, 0.3) is 0 Å². The van der Waals surface area contributed by atoms with Crippen LogP contribution in [0.1, 0.15) is 66.2 Å². The Morgan fingerprint density at radius 3 is 2.05 bits per heavy atom. The van der Waals surface area contributed by atoms with Crippen molar-refractivity contribution in [3.05, 3.63) is 0 Å². The first kappa shape index (κ1) is 16.8. The van der Waals surface area contributed by atoms with Crippen LogP contribution in [0.2, 0.25) is 0 Å². The van der Waals surface area contributed by atoms with E-state index in [1.165, 1.54) is 32.1 Å². The predicted octanol–water partition coefficient (Wildman–Crippen LogP) is 4.40. The summed E-state index contributed by atoms with van der Waals surface area (Å²) in [7, 11) is 0. The summed E-state index contributed by atoms with van der Waals surface area (Å²) in [5.74, 6) is 3.26. The van der Waals surface area contributed by atoms with Gasteiger partial charge in [-0.2, -0.15) is 0 Å². The molecule has 4 bridgehead atoms. The lowest BCUT2D eigenvalue weighted by Gasteiger charge is -2.53. The van der Waals surface area contributed by atoms with Gasteiger partial charge in [0.2, 0.25) is 0 Å². The Morgan fingerprint density at radius 1 is 1.05 bits per heavy atom. The summed E-state index contributed by atoms with van der Waals surface area (Å²) in [5.41, 5.74) is 0. The summed E-state index contributed by atoms with van der Waals surface area (Å²) in [4.78, 5) is 11.6. The Balaban J connectivity index is 0.000000774. The van der Waals surface area contributed by atoms with Gasteiger partial charge in [0, 0.05) is 0 Å². The van der Waals surface area contributed by atoms with Crippen LogP contribution in [0.4, 0.5) is 0 Å². The van der Waals surface area contributed by atoms with Crippen molar-refractivity contribution >= 4 is 5.97 Å². The first-order valence-corrected chi connectivity index (χ1v) is 8.95. The van der Waals surface area contributed by atoms with Gasteiger partial charge in [-0.25, -0.2) is 0 Å². The minimum absolute atomic E-state index is 0.0119. The fraction of sp³-hybridized carbons (Fsp3) is 0.944. The van der Waals surface area contributed by atoms with Gasteiger partial charge in [-0.1, -0.05) is 27.7 Å². The average molecular weight is 296 g/mol. The molecule has 4 saturated carbocycles. The Bertz CT molecular complexity index is 311. The molecule has 21 heavy (non-hydrogen) atoms. The van der Waals surface area contributed by atoms with Gasteiger partial charge in [0.05, 0.1) is 12.0 Å². The van der Waals surface area contributed by atoms with Crippen LogP contribution < -0.4 is 0 Å². The van der Waals surface area contributed by atoms with Crippen molar-refractivity contribution in [3.63, 3.8) is 0 Å². The van der Waals surface area contributed by atoms with Gasteiger partial charge >= 0.3 is 5.97 Å². The van der Waals surface area contributed by atoms with Crippen LogP contribution in [0.5, 0.6) is 0 Å². The molecule has 0 aromatic carbocycles. The number of ether oxygens (including phenoxy) is 2. The standard InChI is InChI=1S/C16H26O3.C2H6/c1-3-10(2)16(17)19-9-18-15-13-5-11-4-12(7-13)8-14(15)6-11;1-2/h10-15H,3-9H2,1-2H3;1-2H3. The highest BCUT2D eigenvalue weighted by molar-refractivity contribution is 5.71. The Labute approximate surface area is 129 Å². The summed E-state index contributed by atoms with van der Waals surface area (Å²) in [6, 6.07) is 0. The second-order valence-electron chi connectivity index (χ2n) is 6.95. The topological polar surface area (TPSA) is 35.5 Å². The molecule has 0 N–H and O–H groups in total. The smallest absolute Gasteiger partial charge is 0.310 e. The monoisotopic (exact) mass is 296 g/mol. The van der Waals surface area contributed by atoms with Gasteiger partial charge in [-0.05, 0) is 62.2 Å². The highest BCUT2D eigenvalue weighted by Gasteiger charge is 2.48. The van der Waals surface area contributed by atoms with E-state index in [0.717, 1.165) is 30.1 Å². The summed E-state index contributed by atoms with van der Waals surface area (Å²) in [5, 5.41) is 0. The molecule has 4 rings (SSSR count). The molecular formula is C18H32O3. The Morgan fingerprint density at radius 2 is 1.57 bits per heavy atom. The molecule has 4 aliphatic rings. The maximum Gasteiger partial charge on any atom is 0.310 e. The number of rotatable bonds is 5. The lowest BCUT2D eigenvalue weighted by molar-refractivity contribution is -0.189. The molecule has 4 aliphatic carbocycles. The molecule has 3 nitrogen and oxygen atoms in total. The lowest BCUT2D eigenvalue weighted by Crippen LogP contribution is -2.49. The molecule has 0 aromatic rings. The van der Waals surface area contributed by atoms with Crippen LogP contribution in [-0.4, -0.2) is 18.9 Å². The summed E-state index contributed by atoms with van der Waals surface area (Å²) < 4.78 is 11.2. The van der Waals surface area contributed by atoms with Crippen molar-refractivity contribution in [1.82, 2.24) is 0 Å². The number of esters is 1. The summed E-state index contributed by atoms with van der Waals surface area (Å²) >= 11 is 0. The molecule has 0 saturated heterocycles. The molecule has 3 heteroatoms. The summed E-state index contributed by atoms with van der Waals surface area (Å²) in [6.07, 6.45) is 8.03. The first-order valence-electron chi connectivity index (χ1n) is 8.95. The van der Waals surface area contributed by atoms with E-state index in [2.05, 4.69) is 0 Å². The minimum atomic E-state index is -0.119. The third-order valence-electron chi connectivity index (χ3n) is 5.62. The third kappa shape index (κ3) is 3.80. The van der Waals surface area contributed by atoms with Crippen molar-refractivity contribution in [2.75, 3.05) is 6.79 Å². The molecule has 0 radical (unpaired) electrons. The van der Waals surface area contributed by atoms with E-state index in [-0.39, 0.29) is 18.7 Å². The van der Waals surface area contributed by atoms with E-state index in [9.17, 15) is 4.79 Å². The van der Waals surface area contributed by atoms with E-state index < -0.39 is 0 Å². The quantitative estimate of drug-likeness (QED) is 0.557. The number of carbonyl (C=O) groups is 1. The molecule has 0 aliphatic heterocycles. The predicted molar refractivity (Wildman–Crippen MR) is 83.7 cm³/mol. The highest BCUT2D eigenvalue weighted by Crippen LogP contribution is 2.54. The molecule has 0 spiro atoms. The summed E-state index contributed by atoms with van der Waals surface area (Å²) in [6.45, 7) is 8.08. The molecule has 122 valence electrons. The van der Waals surface area contributed by atoms with Crippen LogP contribution in [-0.2, 0) is 14.3 Å². The molecule has 0 amide bonds. The van der Waals surface area contributed by atoms with Crippen LogP contribution in [0.25, 0.3) is 0 Å². The maximum absolute atomic E-state index is 11.6. The van der Waals surface area contributed by atoms with E-state index in [1.54, 1.807) is 0 Å². The van der Waals surface area contributed by atoms with Crippen LogP contribution in [0.15, 0.2) is 0 Å². The largest absolute Gasteiger partial charge is 0.438 e. The number of hydrogen-bond acceptors (Lipinski definition) is 3. The van der Waals surface area contributed by atoms with Gasteiger partial charge < -0.3 is 9.47 Å². The lowest BCUT2D eigenvalue weighted by atomic mass is 9.55. The molecule has 0 heterocycles. The molecule has 1 atom stereocenters. The van der Waals surface area contributed by atoms with Crippen LogP contribution in [0.3, 0.4) is 0 Å². The van der Waals surface area contributed by atoms with Gasteiger partial charge in [0.15, 0.2) is 6.79 Å². The van der Waals surface area contributed by atoms with Crippen LogP contribution in [0, 0.1) is 29.6 Å². The minimum Gasteiger partial charge on any atom is -0.438 e. The van der Waals surface area contributed by atoms with E-state index in [0.29, 0.717) is 6.10 Å². The van der Waals surface area contributed by atoms with E-state index >= 15 is 0 Å². The number of hydrogen-bond donors (Lipinski definition) is 0. The zero-order valence-corrected chi connectivity index (χ0v) is 14.1. The van der Waals surface area contributed by atoms with Crippen LogP contribution >= 0.6 is 0 Å². The fourth-order valence-corrected chi connectivity index (χ4v) is 4.63. The van der Waals surface area contributed by atoms with Crippen molar-refractivity contribution in [3.8, 4) is 0 Å². The number of carbonyl (C=O) groups excluding carboxylic acids is 1. The van der Waals surface area contributed by atoms with Crippen molar-refractivity contribution in [2.24, 2.45) is 29.6 Å². The second kappa shape index (κ2) is 7.62. The Kier molecular flexibility index (Phi) is 6.09. The highest BCUT2D eigenvalue weighted by atomic mass is 16.7. The van der Waals surface area contributed by atoms with E-state index in [1.807, 2.05) is 27.7 Å². The second-order valence-corrected chi connectivity index (χ2v) is 6.95. The zero-order chi connectivity index (χ0) is 15.4. The molecule has 4 fully saturated rings.